The van der Waals surface area contributed by atoms with E-state index in [2.05, 4.69) is 9.97 Å². The summed E-state index contributed by atoms with van der Waals surface area (Å²) < 4.78 is 39.0. The molecule has 2 amide bonds. The molecule has 0 N–H and O–H groups in total. The van der Waals surface area contributed by atoms with Crippen LogP contribution in [0, 0.1) is 11.3 Å². The quantitative estimate of drug-likeness (QED) is 0.671. The molecule has 0 bridgehead atoms. The summed E-state index contributed by atoms with van der Waals surface area (Å²) in [5, 5.41) is 11.0. The van der Waals surface area contributed by atoms with E-state index in [1.54, 1.807) is 18.3 Å². The third-order valence-corrected chi connectivity index (χ3v) is 4.52. The summed E-state index contributed by atoms with van der Waals surface area (Å²) in [7, 11) is 0. The topological polar surface area (TPSA) is 73.1 Å². The molecule has 3 aromatic rings. The van der Waals surface area contributed by atoms with E-state index >= 15 is 0 Å². The van der Waals surface area contributed by atoms with Gasteiger partial charge in [-0.2, -0.15) is 18.4 Å². The van der Waals surface area contributed by atoms with Crippen LogP contribution in [0.2, 0.25) is 0 Å². The van der Waals surface area contributed by atoms with Crippen molar-refractivity contribution in [1.29, 1.82) is 5.26 Å². The van der Waals surface area contributed by atoms with E-state index < -0.39 is 23.8 Å². The van der Waals surface area contributed by atoms with E-state index in [-0.39, 0.29) is 12.2 Å². The minimum absolute atomic E-state index is 0.0178. The molecule has 1 unspecified atom stereocenters. The smallest absolute Gasteiger partial charge is 0.289 e. The molecule has 9 heteroatoms. The standard InChI is InChI=1S/C19H12F3N5O/c20-19(21,22)13-5-14(9-25-8-13)26-11-15(6-23)27(18(26)28)17-10-24-7-12-3-1-2-4-16(12)17/h1-5,7-10,15H,11H2. The highest BCUT2D eigenvalue weighted by atomic mass is 19.4. The first-order chi connectivity index (χ1) is 13.4. The number of fused-ring (bicyclic) bond motifs is 1. The Morgan fingerprint density at radius 3 is 2.61 bits per heavy atom. The summed E-state index contributed by atoms with van der Waals surface area (Å²) in [6.07, 6.45) is 0.387. The van der Waals surface area contributed by atoms with Crippen LogP contribution in [0.1, 0.15) is 5.56 Å². The molecular formula is C19H12F3N5O. The van der Waals surface area contributed by atoms with Crippen molar-refractivity contribution in [2.24, 2.45) is 0 Å². The van der Waals surface area contributed by atoms with Gasteiger partial charge in [0.15, 0.2) is 0 Å². The predicted octanol–water partition coefficient (Wildman–Crippen LogP) is 3.99. The Hall–Kier alpha value is -3.67. The number of pyridine rings is 2. The highest BCUT2D eigenvalue weighted by molar-refractivity contribution is 6.11. The molecule has 6 nitrogen and oxygen atoms in total. The Balaban J connectivity index is 1.78. The molecular weight excluding hydrogens is 371 g/mol. The van der Waals surface area contributed by atoms with Crippen LogP contribution in [0.5, 0.6) is 0 Å². The van der Waals surface area contributed by atoms with E-state index in [4.69, 9.17) is 0 Å². The molecule has 0 saturated carbocycles. The highest BCUT2D eigenvalue weighted by Crippen LogP contribution is 2.35. The zero-order valence-electron chi connectivity index (χ0n) is 14.3. The van der Waals surface area contributed by atoms with Gasteiger partial charge in [-0.1, -0.05) is 24.3 Å². The number of hydrogen-bond acceptors (Lipinski definition) is 4. The van der Waals surface area contributed by atoms with E-state index in [0.717, 1.165) is 21.7 Å². The maximum atomic E-state index is 13.0. The molecule has 140 valence electrons. The lowest BCUT2D eigenvalue weighted by Crippen LogP contribution is -2.34. The molecule has 1 saturated heterocycles. The summed E-state index contributed by atoms with van der Waals surface area (Å²) in [6.45, 7) is -0.0818. The molecule has 4 rings (SSSR count). The number of carbonyl (C=O) groups excluding carboxylic acids is 1. The van der Waals surface area contributed by atoms with E-state index in [9.17, 15) is 23.2 Å². The van der Waals surface area contributed by atoms with Crippen LogP contribution in [0.4, 0.5) is 29.3 Å². The Morgan fingerprint density at radius 1 is 1.11 bits per heavy atom. The van der Waals surface area contributed by atoms with Gasteiger partial charge in [-0.3, -0.25) is 19.8 Å². The number of alkyl halides is 3. The normalized spacial score (nSPS) is 17.2. The second-order valence-corrected chi connectivity index (χ2v) is 6.22. The number of halogens is 3. The zero-order chi connectivity index (χ0) is 19.9. The molecule has 2 aromatic heterocycles. The fourth-order valence-electron chi connectivity index (χ4n) is 3.20. The van der Waals surface area contributed by atoms with Crippen LogP contribution in [0.25, 0.3) is 10.8 Å². The minimum Gasteiger partial charge on any atom is -0.289 e. The number of rotatable bonds is 2. The van der Waals surface area contributed by atoms with Crippen LogP contribution in [-0.4, -0.2) is 28.6 Å². The van der Waals surface area contributed by atoms with Crippen LogP contribution in [-0.2, 0) is 6.18 Å². The summed E-state index contributed by atoms with van der Waals surface area (Å²) in [4.78, 5) is 23.1. The number of amides is 2. The van der Waals surface area contributed by atoms with Crippen LogP contribution in [0.3, 0.4) is 0 Å². The zero-order valence-corrected chi connectivity index (χ0v) is 14.3. The van der Waals surface area contributed by atoms with Gasteiger partial charge < -0.3 is 0 Å². The molecule has 3 heterocycles. The molecule has 1 fully saturated rings. The molecule has 1 aliphatic rings. The Morgan fingerprint density at radius 2 is 1.86 bits per heavy atom. The van der Waals surface area contributed by atoms with Gasteiger partial charge >= 0.3 is 12.2 Å². The second-order valence-electron chi connectivity index (χ2n) is 6.22. The van der Waals surface area contributed by atoms with Crippen LogP contribution >= 0.6 is 0 Å². The first-order valence-corrected chi connectivity index (χ1v) is 8.25. The Bertz CT molecular complexity index is 1100. The van der Waals surface area contributed by atoms with Crippen molar-refractivity contribution in [2.45, 2.75) is 12.2 Å². The molecule has 1 aromatic carbocycles. The summed E-state index contributed by atoms with van der Waals surface area (Å²) in [6, 6.07) is 8.64. The van der Waals surface area contributed by atoms with Crippen molar-refractivity contribution < 1.29 is 18.0 Å². The molecule has 28 heavy (non-hydrogen) atoms. The molecule has 1 atom stereocenters. The summed E-state index contributed by atoms with van der Waals surface area (Å²) >= 11 is 0. The molecule has 0 radical (unpaired) electrons. The van der Waals surface area contributed by atoms with E-state index in [1.165, 1.54) is 17.3 Å². The van der Waals surface area contributed by atoms with Crippen molar-refractivity contribution in [3.8, 4) is 6.07 Å². The van der Waals surface area contributed by atoms with E-state index in [1.807, 2.05) is 18.2 Å². The van der Waals surface area contributed by atoms with Crippen LogP contribution in [0.15, 0.2) is 55.1 Å². The fourth-order valence-corrected chi connectivity index (χ4v) is 3.20. The number of aromatic nitrogens is 2. The van der Waals surface area contributed by atoms with Gasteiger partial charge in [0.25, 0.3) is 0 Å². The second kappa shape index (κ2) is 6.49. The number of carbonyl (C=O) groups is 1. The average molecular weight is 383 g/mol. The minimum atomic E-state index is -4.58. The van der Waals surface area contributed by atoms with Crippen LogP contribution < -0.4 is 9.80 Å². The number of hydrogen-bond donors (Lipinski definition) is 0. The maximum absolute atomic E-state index is 13.0. The third kappa shape index (κ3) is 2.89. The number of benzene rings is 1. The molecule has 0 spiro atoms. The van der Waals surface area contributed by atoms with Gasteiger partial charge in [0, 0.05) is 23.2 Å². The van der Waals surface area contributed by atoms with Crippen molar-refractivity contribution in [3.05, 3.63) is 60.7 Å². The molecule has 1 aliphatic heterocycles. The van der Waals surface area contributed by atoms with Crippen molar-refractivity contribution in [3.63, 3.8) is 0 Å². The van der Waals surface area contributed by atoms with E-state index in [0.29, 0.717) is 11.9 Å². The number of nitrogens with zero attached hydrogens (tertiary/aromatic N) is 5. The number of anilines is 2. The number of nitriles is 1. The van der Waals surface area contributed by atoms with Gasteiger partial charge in [0.1, 0.15) is 6.04 Å². The highest BCUT2D eigenvalue weighted by Gasteiger charge is 2.41. The largest absolute Gasteiger partial charge is 0.417 e. The average Bonchev–Trinajstić information content (AvgIpc) is 3.03. The van der Waals surface area contributed by atoms with Gasteiger partial charge in [0.2, 0.25) is 0 Å². The summed E-state index contributed by atoms with van der Waals surface area (Å²) in [5.74, 6) is 0. The molecule has 0 aliphatic carbocycles. The van der Waals surface area contributed by atoms with Gasteiger partial charge in [-0.25, -0.2) is 4.79 Å². The first kappa shape index (κ1) is 17.7. The monoisotopic (exact) mass is 383 g/mol. The lowest BCUT2D eigenvalue weighted by Gasteiger charge is -2.21. The maximum Gasteiger partial charge on any atom is 0.417 e. The third-order valence-electron chi connectivity index (χ3n) is 4.52. The van der Waals surface area contributed by atoms with Crippen molar-refractivity contribution in [1.82, 2.24) is 9.97 Å². The predicted molar refractivity (Wildman–Crippen MR) is 95.6 cm³/mol. The summed E-state index contributed by atoms with van der Waals surface area (Å²) in [5.41, 5.74) is -0.551. The van der Waals surface area contributed by atoms with Gasteiger partial charge in [0.05, 0.1) is 41.9 Å². The van der Waals surface area contributed by atoms with Crippen molar-refractivity contribution in [2.75, 3.05) is 16.3 Å². The van der Waals surface area contributed by atoms with Crippen molar-refractivity contribution >= 4 is 28.2 Å². The Labute approximate surface area is 157 Å². The first-order valence-electron chi connectivity index (χ1n) is 8.25. The van der Waals surface area contributed by atoms with Gasteiger partial charge in [-0.05, 0) is 6.07 Å². The SMILES string of the molecule is N#CC1CN(c2cncc(C(F)(F)F)c2)C(=O)N1c1cncc2ccccc12. The Kier molecular flexibility index (Phi) is 4.11. The fraction of sp³-hybridized carbons (Fsp3) is 0.158. The number of urea groups is 1. The lowest BCUT2D eigenvalue weighted by molar-refractivity contribution is -0.137. The van der Waals surface area contributed by atoms with Gasteiger partial charge in [-0.15, -0.1) is 0 Å². The lowest BCUT2D eigenvalue weighted by atomic mass is 10.1.